The second kappa shape index (κ2) is 9.12. The smallest absolute Gasteiger partial charge is 0.271 e. The summed E-state index contributed by atoms with van der Waals surface area (Å²) in [7, 11) is 0. The lowest BCUT2D eigenvalue weighted by atomic mass is 10.1. The SMILES string of the molecule is Cc1cc(OCc2ccc(C(=O)N/N=C/c3cccc(O)c3O)cc2)ccc1Cl. The van der Waals surface area contributed by atoms with Crippen molar-refractivity contribution in [3.8, 4) is 17.2 Å². The number of amides is 1. The number of carbonyl (C=O) groups excluding carboxylic acids is 1. The van der Waals surface area contributed by atoms with Crippen LogP contribution in [0.25, 0.3) is 0 Å². The Kier molecular flexibility index (Phi) is 6.36. The molecule has 0 unspecified atom stereocenters. The molecule has 0 fully saturated rings. The maximum absolute atomic E-state index is 12.2. The number of hydrogen-bond donors (Lipinski definition) is 3. The number of para-hydroxylation sites is 1. The third-order valence-corrected chi connectivity index (χ3v) is 4.59. The Bertz CT molecular complexity index is 1050. The van der Waals surface area contributed by atoms with Crippen molar-refractivity contribution in [2.45, 2.75) is 13.5 Å². The summed E-state index contributed by atoms with van der Waals surface area (Å²) in [6, 6.07) is 16.9. The molecule has 0 aliphatic carbocycles. The highest BCUT2D eigenvalue weighted by molar-refractivity contribution is 6.31. The molecule has 0 heterocycles. The van der Waals surface area contributed by atoms with Gasteiger partial charge in [0, 0.05) is 16.1 Å². The van der Waals surface area contributed by atoms with Gasteiger partial charge >= 0.3 is 0 Å². The van der Waals surface area contributed by atoms with Gasteiger partial charge in [-0.25, -0.2) is 5.43 Å². The van der Waals surface area contributed by atoms with E-state index in [0.717, 1.165) is 16.9 Å². The molecule has 3 aromatic carbocycles. The van der Waals surface area contributed by atoms with Gasteiger partial charge in [-0.3, -0.25) is 4.79 Å². The molecule has 0 saturated heterocycles. The minimum Gasteiger partial charge on any atom is -0.504 e. The summed E-state index contributed by atoms with van der Waals surface area (Å²) in [5.74, 6) is -0.238. The molecule has 29 heavy (non-hydrogen) atoms. The minimum absolute atomic E-state index is 0.258. The first kappa shape index (κ1) is 20.2. The third-order valence-electron chi connectivity index (χ3n) is 4.17. The van der Waals surface area contributed by atoms with Crippen LogP contribution >= 0.6 is 11.6 Å². The van der Waals surface area contributed by atoms with Gasteiger partial charge in [0.15, 0.2) is 11.5 Å². The molecule has 1 amide bonds. The van der Waals surface area contributed by atoms with Crippen LogP contribution in [0.3, 0.4) is 0 Å². The lowest BCUT2D eigenvalue weighted by Crippen LogP contribution is -2.17. The third kappa shape index (κ3) is 5.27. The number of phenols is 2. The van der Waals surface area contributed by atoms with Gasteiger partial charge in [-0.1, -0.05) is 29.8 Å². The molecule has 148 valence electrons. The molecular weight excluding hydrogens is 392 g/mol. The monoisotopic (exact) mass is 410 g/mol. The fraction of sp³-hybridized carbons (Fsp3) is 0.0909. The Hall–Kier alpha value is -3.51. The second-order valence-electron chi connectivity index (χ2n) is 6.31. The number of hydrogen-bond acceptors (Lipinski definition) is 5. The summed E-state index contributed by atoms with van der Waals surface area (Å²) in [6.07, 6.45) is 1.25. The first-order valence-electron chi connectivity index (χ1n) is 8.76. The van der Waals surface area contributed by atoms with Crippen LogP contribution in [-0.4, -0.2) is 22.3 Å². The van der Waals surface area contributed by atoms with Crippen LogP contribution in [0.5, 0.6) is 17.2 Å². The van der Waals surface area contributed by atoms with Crippen molar-refractivity contribution in [2.75, 3.05) is 0 Å². The maximum atomic E-state index is 12.2. The standard InChI is InChI=1S/C22H19ClN2O4/c1-14-11-18(9-10-19(14)23)29-13-15-5-7-16(8-6-15)22(28)25-24-12-17-3-2-4-20(26)21(17)27/h2-12,26-27H,13H2,1H3,(H,25,28)/b24-12+. The normalized spacial score (nSPS) is 10.8. The van der Waals surface area contributed by atoms with Crippen LogP contribution < -0.4 is 10.2 Å². The Morgan fingerprint density at radius 3 is 2.62 bits per heavy atom. The van der Waals surface area contributed by atoms with E-state index in [2.05, 4.69) is 10.5 Å². The quantitative estimate of drug-likeness (QED) is 0.319. The molecule has 0 radical (unpaired) electrons. The number of rotatable bonds is 6. The Morgan fingerprint density at radius 2 is 1.90 bits per heavy atom. The minimum atomic E-state index is -0.401. The molecule has 7 heteroatoms. The van der Waals surface area contributed by atoms with Gasteiger partial charge in [-0.2, -0.15) is 5.10 Å². The Labute approximate surface area is 173 Å². The molecule has 3 aromatic rings. The molecular formula is C22H19ClN2O4. The number of carbonyl (C=O) groups is 1. The van der Waals surface area contributed by atoms with Crippen molar-refractivity contribution in [3.05, 3.63) is 87.9 Å². The zero-order valence-electron chi connectivity index (χ0n) is 15.6. The van der Waals surface area contributed by atoms with Crippen LogP contribution in [0, 0.1) is 6.92 Å². The van der Waals surface area contributed by atoms with E-state index in [1.165, 1.54) is 12.3 Å². The molecule has 0 aliphatic heterocycles. The summed E-state index contributed by atoms with van der Waals surface area (Å²) < 4.78 is 5.74. The van der Waals surface area contributed by atoms with Crippen LogP contribution in [0.1, 0.15) is 27.0 Å². The van der Waals surface area contributed by atoms with Gasteiger partial charge in [-0.15, -0.1) is 0 Å². The predicted octanol–water partition coefficient (Wildman–Crippen LogP) is 4.40. The molecule has 6 nitrogen and oxygen atoms in total. The first-order chi connectivity index (χ1) is 13.9. The van der Waals surface area contributed by atoms with E-state index in [4.69, 9.17) is 16.3 Å². The summed E-state index contributed by atoms with van der Waals surface area (Å²) in [6.45, 7) is 2.27. The summed E-state index contributed by atoms with van der Waals surface area (Å²) in [5.41, 5.74) is 4.93. The number of aryl methyl sites for hydroxylation is 1. The lowest BCUT2D eigenvalue weighted by Gasteiger charge is -2.08. The van der Waals surface area contributed by atoms with E-state index in [0.29, 0.717) is 17.2 Å². The molecule has 3 rings (SSSR count). The van der Waals surface area contributed by atoms with Crippen molar-refractivity contribution < 1.29 is 19.7 Å². The molecule has 0 bridgehead atoms. The average Bonchev–Trinajstić information content (AvgIpc) is 2.72. The number of nitrogens with one attached hydrogen (secondary N) is 1. The largest absolute Gasteiger partial charge is 0.504 e. The summed E-state index contributed by atoms with van der Waals surface area (Å²) in [4.78, 5) is 12.2. The van der Waals surface area contributed by atoms with E-state index >= 15 is 0 Å². The van der Waals surface area contributed by atoms with Gasteiger partial charge < -0.3 is 14.9 Å². The van der Waals surface area contributed by atoms with Crippen LogP contribution in [0.2, 0.25) is 5.02 Å². The first-order valence-corrected chi connectivity index (χ1v) is 9.14. The second-order valence-corrected chi connectivity index (χ2v) is 6.72. The molecule has 3 N–H and O–H groups in total. The average molecular weight is 411 g/mol. The maximum Gasteiger partial charge on any atom is 0.271 e. The highest BCUT2D eigenvalue weighted by Crippen LogP contribution is 2.26. The summed E-state index contributed by atoms with van der Waals surface area (Å²) in [5, 5.41) is 23.6. The number of nitrogens with zero attached hydrogens (tertiary/aromatic N) is 1. The van der Waals surface area contributed by atoms with Crippen molar-refractivity contribution in [2.24, 2.45) is 5.10 Å². The molecule has 0 saturated carbocycles. The van der Waals surface area contributed by atoms with E-state index in [1.54, 1.807) is 48.5 Å². The van der Waals surface area contributed by atoms with E-state index in [-0.39, 0.29) is 17.1 Å². The topological polar surface area (TPSA) is 91.2 Å². The van der Waals surface area contributed by atoms with Crippen LogP contribution in [0.15, 0.2) is 65.8 Å². The van der Waals surface area contributed by atoms with Crippen LogP contribution in [-0.2, 0) is 6.61 Å². The van der Waals surface area contributed by atoms with Gasteiger partial charge in [0.05, 0.1) is 6.21 Å². The van der Waals surface area contributed by atoms with Crippen molar-refractivity contribution in [1.29, 1.82) is 0 Å². The van der Waals surface area contributed by atoms with Crippen molar-refractivity contribution >= 4 is 23.7 Å². The number of benzene rings is 3. The van der Waals surface area contributed by atoms with E-state index in [1.807, 2.05) is 13.0 Å². The molecule has 0 aromatic heterocycles. The van der Waals surface area contributed by atoms with Gasteiger partial charge in [-0.05, 0) is 60.5 Å². The van der Waals surface area contributed by atoms with E-state index < -0.39 is 5.91 Å². The fourth-order valence-corrected chi connectivity index (χ4v) is 2.62. The molecule has 0 atom stereocenters. The number of ether oxygens (including phenoxy) is 1. The van der Waals surface area contributed by atoms with Crippen LogP contribution in [0.4, 0.5) is 0 Å². The predicted molar refractivity (Wildman–Crippen MR) is 112 cm³/mol. The van der Waals surface area contributed by atoms with E-state index in [9.17, 15) is 15.0 Å². The highest BCUT2D eigenvalue weighted by atomic mass is 35.5. The van der Waals surface area contributed by atoms with Crippen molar-refractivity contribution in [1.82, 2.24) is 5.43 Å². The number of halogens is 1. The summed E-state index contributed by atoms with van der Waals surface area (Å²) >= 11 is 6.00. The number of hydrazone groups is 1. The molecule has 0 aliphatic rings. The van der Waals surface area contributed by atoms with Gasteiger partial charge in [0.2, 0.25) is 0 Å². The van der Waals surface area contributed by atoms with Crippen molar-refractivity contribution in [3.63, 3.8) is 0 Å². The Balaban J connectivity index is 1.56. The fourth-order valence-electron chi connectivity index (χ4n) is 2.50. The zero-order valence-corrected chi connectivity index (χ0v) is 16.3. The highest BCUT2D eigenvalue weighted by Gasteiger charge is 2.06. The number of aromatic hydroxyl groups is 2. The Morgan fingerprint density at radius 1 is 1.14 bits per heavy atom. The molecule has 0 spiro atoms. The zero-order chi connectivity index (χ0) is 20.8. The van der Waals surface area contributed by atoms with Gasteiger partial charge in [0.25, 0.3) is 5.91 Å². The lowest BCUT2D eigenvalue weighted by molar-refractivity contribution is 0.0955. The van der Waals surface area contributed by atoms with Gasteiger partial charge in [0.1, 0.15) is 12.4 Å². The number of phenolic OH excluding ortho intramolecular Hbond substituents is 2.